The molecule has 84 valence electrons. The van der Waals surface area contributed by atoms with Crippen LogP contribution in [0.4, 0.5) is 5.13 Å². The van der Waals surface area contributed by atoms with Gasteiger partial charge in [-0.3, -0.25) is 0 Å². The van der Waals surface area contributed by atoms with Crippen LogP contribution in [0.25, 0.3) is 0 Å². The number of rotatable bonds is 5. The number of nitrogens with zero attached hydrogens (tertiary/aromatic N) is 4. The molecule has 2 heterocycles. The SMILES string of the molecule is C=CCNc1nnc(Sc2nc(C)ns2)s1. The van der Waals surface area contributed by atoms with Gasteiger partial charge in [-0.25, -0.2) is 4.98 Å². The highest BCUT2D eigenvalue weighted by Gasteiger charge is 2.08. The van der Waals surface area contributed by atoms with Gasteiger partial charge in [-0.1, -0.05) is 17.4 Å². The van der Waals surface area contributed by atoms with E-state index in [1.54, 1.807) is 6.08 Å². The zero-order valence-electron chi connectivity index (χ0n) is 8.51. The number of aromatic nitrogens is 4. The third-order valence-electron chi connectivity index (χ3n) is 1.49. The van der Waals surface area contributed by atoms with Crippen LogP contribution in [0, 0.1) is 6.92 Å². The van der Waals surface area contributed by atoms with E-state index in [0.29, 0.717) is 6.54 Å². The molecule has 16 heavy (non-hydrogen) atoms. The maximum atomic E-state index is 4.25. The summed E-state index contributed by atoms with van der Waals surface area (Å²) in [7, 11) is 0. The molecule has 1 N–H and O–H groups in total. The lowest BCUT2D eigenvalue weighted by atomic mass is 10.6. The molecule has 0 aliphatic rings. The van der Waals surface area contributed by atoms with E-state index in [1.165, 1.54) is 34.6 Å². The number of anilines is 1. The topological polar surface area (TPSA) is 63.6 Å². The fraction of sp³-hybridized carbons (Fsp3) is 0.250. The first kappa shape index (κ1) is 11.5. The summed E-state index contributed by atoms with van der Waals surface area (Å²) < 4.78 is 5.86. The Morgan fingerprint density at radius 3 is 3.00 bits per heavy atom. The Labute approximate surface area is 105 Å². The minimum atomic E-state index is 0.692. The van der Waals surface area contributed by atoms with Crippen LogP contribution in [-0.2, 0) is 0 Å². The summed E-state index contributed by atoms with van der Waals surface area (Å²) >= 11 is 4.36. The summed E-state index contributed by atoms with van der Waals surface area (Å²) in [5.41, 5.74) is 0. The van der Waals surface area contributed by atoms with Gasteiger partial charge in [0.25, 0.3) is 0 Å². The summed E-state index contributed by atoms with van der Waals surface area (Å²) in [5.74, 6) is 0.794. The molecule has 0 spiro atoms. The first-order valence-electron chi connectivity index (χ1n) is 4.44. The summed E-state index contributed by atoms with van der Waals surface area (Å²) in [6.07, 6.45) is 1.78. The summed E-state index contributed by atoms with van der Waals surface area (Å²) in [4.78, 5) is 4.25. The molecule has 0 saturated heterocycles. The molecule has 5 nitrogen and oxygen atoms in total. The maximum absolute atomic E-state index is 4.25. The maximum Gasteiger partial charge on any atom is 0.206 e. The first-order valence-corrected chi connectivity index (χ1v) is 6.85. The molecule has 2 aromatic rings. The molecule has 0 radical (unpaired) electrons. The fourth-order valence-corrected chi connectivity index (χ4v) is 3.49. The van der Waals surface area contributed by atoms with Gasteiger partial charge in [0.2, 0.25) is 5.13 Å². The lowest BCUT2D eigenvalue weighted by Crippen LogP contribution is -1.96. The quantitative estimate of drug-likeness (QED) is 0.843. The molecular formula is C8H9N5S3. The second-order valence-corrected chi connectivity index (χ2v) is 5.98. The molecule has 0 atom stereocenters. The van der Waals surface area contributed by atoms with Gasteiger partial charge in [0, 0.05) is 6.54 Å². The van der Waals surface area contributed by atoms with E-state index in [0.717, 1.165) is 19.6 Å². The Morgan fingerprint density at radius 1 is 1.44 bits per heavy atom. The zero-order valence-corrected chi connectivity index (χ0v) is 11.0. The van der Waals surface area contributed by atoms with Crippen molar-refractivity contribution in [2.45, 2.75) is 15.6 Å². The molecule has 0 saturated carbocycles. The number of hydrogen-bond donors (Lipinski definition) is 1. The van der Waals surface area contributed by atoms with Crippen LogP contribution in [0.2, 0.25) is 0 Å². The Morgan fingerprint density at radius 2 is 2.31 bits per heavy atom. The van der Waals surface area contributed by atoms with Crippen molar-refractivity contribution in [1.29, 1.82) is 0 Å². The van der Waals surface area contributed by atoms with Crippen molar-refractivity contribution in [2.24, 2.45) is 0 Å². The monoisotopic (exact) mass is 271 g/mol. The van der Waals surface area contributed by atoms with E-state index in [4.69, 9.17) is 0 Å². The van der Waals surface area contributed by atoms with Crippen LogP contribution in [0.3, 0.4) is 0 Å². The molecule has 0 aliphatic carbocycles. The largest absolute Gasteiger partial charge is 0.357 e. The van der Waals surface area contributed by atoms with Crippen LogP contribution < -0.4 is 5.32 Å². The van der Waals surface area contributed by atoms with E-state index in [-0.39, 0.29) is 0 Å². The highest BCUT2D eigenvalue weighted by molar-refractivity contribution is 8.02. The molecule has 2 aromatic heterocycles. The number of nitrogens with one attached hydrogen (secondary N) is 1. The van der Waals surface area contributed by atoms with E-state index in [1.807, 2.05) is 6.92 Å². The molecule has 0 fully saturated rings. The average molecular weight is 271 g/mol. The van der Waals surface area contributed by atoms with Gasteiger partial charge in [0.15, 0.2) is 8.68 Å². The lowest BCUT2D eigenvalue weighted by Gasteiger charge is -1.92. The van der Waals surface area contributed by atoms with E-state index in [9.17, 15) is 0 Å². The third-order valence-corrected chi connectivity index (χ3v) is 4.26. The minimum absolute atomic E-state index is 0.692. The standard InChI is InChI=1S/C8H9N5S3/c1-3-4-9-6-11-12-8(14-6)15-7-10-5(2)13-16-7/h3H,1,4H2,2H3,(H,9,11). The second-order valence-electron chi connectivity index (χ2n) is 2.75. The number of aryl methyl sites for hydroxylation is 1. The smallest absolute Gasteiger partial charge is 0.206 e. The van der Waals surface area contributed by atoms with Crippen molar-refractivity contribution in [3.63, 3.8) is 0 Å². The van der Waals surface area contributed by atoms with Crippen molar-refractivity contribution >= 4 is 39.8 Å². The Hall–Kier alpha value is -0.990. The van der Waals surface area contributed by atoms with Crippen LogP contribution in [0.5, 0.6) is 0 Å². The molecule has 8 heteroatoms. The van der Waals surface area contributed by atoms with Gasteiger partial charge < -0.3 is 5.32 Å². The highest BCUT2D eigenvalue weighted by Crippen LogP contribution is 2.32. The van der Waals surface area contributed by atoms with Crippen molar-refractivity contribution in [1.82, 2.24) is 19.6 Å². The third kappa shape index (κ3) is 3.00. The van der Waals surface area contributed by atoms with E-state index >= 15 is 0 Å². The van der Waals surface area contributed by atoms with Crippen molar-refractivity contribution in [3.05, 3.63) is 18.5 Å². The van der Waals surface area contributed by atoms with Crippen molar-refractivity contribution < 1.29 is 0 Å². The molecule has 0 unspecified atom stereocenters. The predicted molar refractivity (Wildman–Crippen MR) is 67.4 cm³/mol. The van der Waals surface area contributed by atoms with Gasteiger partial charge >= 0.3 is 0 Å². The van der Waals surface area contributed by atoms with Gasteiger partial charge in [-0.15, -0.1) is 16.8 Å². The van der Waals surface area contributed by atoms with Gasteiger partial charge in [0.1, 0.15) is 5.82 Å². The molecular weight excluding hydrogens is 262 g/mol. The zero-order chi connectivity index (χ0) is 11.4. The summed E-state index contributed by atoms with van der Waals surface area (Å²) in [5, 5.41) is 11.9. The molecule has 0 aromatic carbocycles. The average Bonchev–Trinajstić information content (AvgIpc) is 2.86. The Balaban J connectivity index is 1.99. The summed E-state index contributed by atoms with van der Waals surface area (Å²) in [6.45, 7) is 6.19. The van der Waals surface area contributed by atoms with E-state index < -0.39 is 0 Å². The van der Waals surface area contributed by atoms with Crippen LogP contribution in [0.15, 0.2) is 21.3 Å². The summed E-state index contributed by atoms with van der Waals surface area (Å²) in [6, 6.07) is 0. The lowest BCUT2D eigenvalue weighted by molar-refractivity contribution is 1.00. The van der Waals surface area contributed by atoms with Crippen molar-refractivity contribution in [3.8, 4) is 0 Å². The normalized spacial score (nSPS) is 10.3. The Kier molecular flexibility index (Phi) is 3.86. The van der Waals surface area contributed by atoms with Crippen LogP contribution >= 0.6 is 34.6 Å². The van der Waals surface area contributed by atoms with Gasteiger partial charge in [-0.05, 0) is 30.2 Å². The van der Waals surface area contributed by atoms with Crippen LogP contribution in [-0.4, -0.2) is 26.1 Å². The minimum Gasteiger partial charge on any atom is -0.357 e. The van der Waals surface area contributed by atoms with Crippen molar-refractivity contribution in [2.75, 3.05) is 11.9 Å². The fourth-order valence-electron chi connectivity index (χ4n) is 0.876. The molecule has 0 aliphatic heterocycles. The second kappa shape index (κ2) is 5.37. The number of hydrogen-bond acceptors (Lipinski definition) is 8. The van der Waals surface area contributed by atoms with Gasteiger partial charge in [0.05, 0.1) is 0 Å². The first-order chi connectivity index (χ1) is 7.78. The Bertz CT molecular complexity index is 477. The molecule has 0 bridgehead atoms. The molecule has 0 amide bonds. The molecule has 2 rings (SSSR count). The van der Waals surface area contributed by atoms with E-state index in [2.05, 4.69) is 31.5 Å². The predicted octanol–water partition coefficient (Wildman–Crippen LogP) is 2.45. The van der Waals surface area contributed by atoms with Gasteiger partial charge in [-0.2, -0.15) is 4.37 Å². The van der Waals surface area contributed by atoms with Crippen LogP contribution in [0.1, 0.15) is 5.82 Å². The highest BCUT2D eigenvalue weighted by atomic mass is 32.2.